The molecule has 1 atom stereocenters. The van der Waals surface area contributed by atoms with E-state index < -0.39 is 26.5 Å². The zero-order chi connectivity index (χ0) is 40.9. The molecule has 3 fully saturated rings. The molecule has 0 spiro atoms. The number of aromatic nitrogens is 1. The van der Waals surface area contributed by atoms with Gasteiger partial charge in [-0.1, -0.05) is 84.5 Å². The Morgan fingerprint density at radius 1 is 0.741 bits per heavy atom. The molecular weight excluding hydrogens is 770 g/mol. The van der Waals surface area contributed by atoms with E-state index in [0.717, 1.165) is 57.8 Å². The van der Waals surface area contributed by atoms with E-state index in [1.54, 1.807) is 12.3 Å². The van der Waals surface area contributed by atoms with Gasteiger partial charge in [0.2, 0.25) is 9.84 Å². The number of piperazine rings is 1. The predicted octanol–water partition coefficient (Wildman–Crippen LogP) is 9.09. The lowest BCUT2D eigenvalue weighted by Crippen LogP contribution is -2.55. The fourth-order valence-corrected chi connectivity index (χ4v) is 11.4. The van der Waals surface area contributed by atoms with Gasteiger partial charge in [0.15, 0.2) is 11.6 Å². The Hall–Kier alpha value is -2.64. The van der Waals surface area contributed by atoms with E-state index in [9.17, 15) is 12.6 Å². The van der Waals surface area contributed by atoms with Crippen molar-refractivity contribution in [3.8, 4) is 5.75 Å². The maximum atomic E-state index is 15.5. The smallest absolute Gasteiger partial charge is 0.210 e. The Morgan fingerprint density at radius 3 is 1.91 bits per heavy atom. The lowest BCUT2D eigenvalue weighted by atomic mass is 9.96. The van der Waals surface area contributed by atoms with Crippen molar-refractivity contribution in [2.24, 2.45) is 0 Å². The Kier molecular flexibility index (Phi) is 17.2. The summed E-state index contributed by atoms with van der Waals surface area (Å²) in [6.07, 6.45) is 22.1. The number of nitrogens with zero attached hydrogens (tertiary/aromatic N) is 5. The Morgan fingerprint density at radius 2 is 1.33 bits per heavy atom. The van der Waals surface area contributed by atoms with Gasteiger partial charge in [-0.15, -0.1) is 0 Å². The lowest BCUT2D eigenvalue weighted by Gasteiger charge is -2.46. The minimum Gasteiger partial charge on any atom is -0.491 e. The van der Waals surface area contributed by atoms with Gasteiger partial charge in [0.05, 0.1) is 22.7 Å². The first-order valence-corrected chi connectivity index (χ1v) is 25.6. The lowest BCUT2D eigenvalue weighted by molar-refractivity contribution is 0.0449. The number of sulfone groups is 1. The van der Waals surface area contributed by atoms with Gasteiger partial charge in [-0.05, 0) is 88.1 Å². The summed E-state index contributed by atoms with van der Waals surface area (Å²) in [4.78, 5) is 15.2. The Balaban J connectivity index is 1.07. The standard InChI is InChI=1S/C46H70FN5O4S2/c1-4-6-7-8-9-10-11-12-13-14-15-16-33-56-44-20-18-40(35-42(44)47)58(54,55)45-36-48-43-19-17-39(57(3)53)34-41(43)46(45)52-27-23-37(24-28-52)50-25-21-38(22-26-50)51-31-29-49(5-2)30-32-51/h17-20,34-38H,4-16,21-33H2,1-3H3. The highest BCUT2D eigenvalue weighted by Crippen LogP contribution is 2.39. The molecule has 0 radical (unpaired) electrons. The normalized spacial score (nSPS) is 18.9. The van der Waals surface area contributed by atoms with Crippen LogP contribution in [0.3, 0.4) is 0 Å². The average molecular weight is 840 g/mol. The number of hydrogen-bond acceptors (Lipinski definition) is 9. The Bertz CT molecular complexity index is 1870. The van der Waals surface area contributed by atoms with Crippen LogP contribution in [0, 0.1) is 5.82 Å². The number of ether oxygens (including phenoxy) is 1. The van der Waals surface area contributed by atoms with E-state index in [2.05, 4.69) is 38.4 Å². The molecular formula is C46H70FN5O4S2. The summed E-state index contributed by atoms with van der Waals surface area (Å²) in [5.74, 6) is -0.620. The molecule has 6 rings (SSSR count). The topological polar surface area (TPSA) is 86.3 Å². The van der Waals surface area contributed by atoms with E-state index in [0.29, 0.717) is 53.3 Å². The summed E-state index contributed by atoms with van der Waals surface area (Å²) in [5.41, 5.74) is 1.20. The molecule has 3 aromatic rings. The number of hydrogen-bond donors (Lipinski definition) is 0. The molecule has 9 nitrogen and oxygen atoms in total. The molecule has 2 aromatic carbocycles. The highest BCUT2D eigenvalue weighted by atomic mass is 32.2. The third-order valence-corrected chi connectivity index (χ3v) is 15.7. The van der Waals surface area contributed by atoms with Crippen molar-refractivity contribution in [1.29, 1.82) is 0 Å². The average Bonchev–Trinajstić information content (AvgIpc) is 3.25. The monoisotopic (exact) mass is 839 g/mol. The van der Waals surface area contributed by atoms with Gasteiger partial charge in [-0.2, -0.15) is 0 Å². The first-order valence-electron chi connectivity index (χ1n) is 22.6. The van der Waals surface area contributed by atoms with Gasteiger partial charge in [0.1, 0.15) is 4.90 Å². The molecule has 0 bridgehead atoms. The number of rotatable bonds is 21. The minimum absolute atomic E-state index is 0.0473. The predicted molar refractivity (Wildman–Crippen MR) is 236 cm³/mol. The number of likely N-dealkylation sites (tertiary alicyclic amines) is 1. The molecule has 1 unspecified atom stereocenters. The first-order chi connectivity index (χ1) is 28.2. The van der Waals surface area contributed by atoms with Crippen LogP contribution in [0.15, 0.2) is 57.3 Å². The summed E-state index contributed by atoms with van der Waals surface area (Å²) in [7, 11) is -5.45. The van der Waals surface area contributed by atoms with Crippen molar-refractivity contribution in [2.45, 2.75) is 143 Å². The third-order valence-electron chi connectivity index (χ3n) is 13.0. The quantitative estimate of drug-likeness (QED) is 0.0976. The van der Waals surface area contributed by atoms with Crippen molar-refractivity contribution in [3.05, 3.63) is 48.4 Å². The van der Waals surface area contributed by atoms with E-state index in [-0.39, 0.29) is 15.5 Å². The molecule has 0 aliphatic carbocycles. The number of halogens is 1. The van der Waals surface area contributed by atoms with Crippen LogP contribution in [0.4, 0.5) is 10.1 Å². The first kappa shape index (κ1) is 44.9. The highest BCUT2D eigenvalue weighted by molar-refractivity contribution is 7.91. The zero-order valence-electron chi connectivity index (χ0n) is 35.6. The van der Waals surface area contributed by atoms with E-state index in [4.69, 9.17) is 4.74 Å². The van der Waals surface area contributed by atoms with Gasteiger partial charge in [-0.25, -0.2) is 12.8 Å². The molecule has 3 aliphatic rings. The second kappa shape index (κ2) is 22.3. The highest BCUT2D eigenvalue weighted by Gasteiger charge is 2.34. The minimum atomic E-state index is -4.18. The van der Waals surface area contributed by atoms with Crippen molar-refractivity contribution in [2.75, 3.05) is 76.7 Å². The third kappa shape index (κ3) is 11.8. The number of likely N-dealkylation sites (N-methyl/N-ethyl adjacent to an activating group) is 1. The van der Waals surface area contributed by atoms with Crippen LogP contribution in [-0.4, -0.2) is 116 Å². The fraction of sp³-hybridized carbons (Fsp3) is 0.674. The van der Waals surface area contributed by atoms with Crippen molar-refractivity contribution >= 4 is 37.2 Å². The van der Waals surface area contributed by atoms with Crippen molar-refractivity contribution in [1.82, 2.24) is 19.7 Å². The molecule has 58 heavy (non-hydrogen) atoms. The molecule has 0 amide bonds. The van der Waals surface area contributed by atoms with Gasteiger partial charge in [-0.3, -0.25) is 14.1 Å². The van der Waals surface area contributed by atoms with Crippen LogP contribution in [0.5, 0.6) is 5.75 Å². The largest absolute Gasteiger partial charge is 0.491 e. The maximum absolute atomic E-state index is 15.5. The second-order valence-electron chi connectivity index (χ2n) is 16.9. The van der Waals surface area contributed by atoms with Crippen molar-refractivity contribution in [3.63, 3.8) is 0 Å². The van der Waals surface area contributed by atoms with Crippen LogP contribution in [0.2, 0.25) is 0 Å². The van der Waals surface area contributed by atoms with E-state index >= 15 is 4.39 Å². The van der Waals surface area contributed by atoms with Gasteiger partial charge in [0, 0.05) is 84.9 Å². The molecule has 322 valence electrons. The van der Waals surface area contributed by atoms with Crippen LogP contribution in [-0.2, 0) is 20.6 Å². The van der Waals surface area contributed by atoms with Gasteiger partial charge >= 0.3 is 0 Å². The van der Waals surface area contributed by atoms with Crippen molar-refractivity contribution < 1.29 is 21.8 Å². The SMILES string of the molecule is CCCCCCCCCCCCCCOc1ccc(S(=O)(=O)c2cnc3ccc(S(C)=O)cc3c2N2CCC(N3CCC(N4CCN(CC)CC4)CC3)CC2)cc1F. The molecule has 4 heterocycles. The van der Waals surface area contributed by atoms with Crippen LogP contribution in [0.1, 0.15) is 117 Å². The summed E-state index contributed by atoms with van der Waals surface area (Å²) < 4.78 is 62.9. The van der Waals surface area contributed by atoms with E-state index in [1.165, 1.54) is 115 Å². The van der Waals surface area contributed by atoms with Crippen LogP contribution < -0.4 is 9.64 Å². The molecule has 3 saturated heterocycles. The molecule has 3 aliphatic heterocycles. The maximum Gasteiger partial charge on any atom is 0.210 e. The molecule has 0 saturated carbocycles. The number of pyridine rings is 1. The summed E-state index contributed by atoms with van der Waals surface area (Å²) >= 11 is 0. The van der Waals surface area contributed by atoms with Gasteiger partial charge in [0.25, 0.3) is 0 Å². The zero-order valence-corrected chi connectivity index (χ0v) is 37.3. The summed E-state index contributed by atoms with van der Waals surface area (Å²) in [6.45, 7) is 14.3. The number of benzene rings is 2. The summed E-state index contributed by atoms with van der Waals surface area (Å²) in [5, 5.41) is 0.652. The Labute approximate surface area is 351 Å². The molecule has 12 heteroatoms. The van der Waals surface area contributed by atoms with E-state index in [1.807, 2.05) is 12.1 Å². The number of anilines is 1. The number of unbranched alkanes of at least 4 members (excludes halogenated alkanes) is 11. The molecule has 1 aromatic heterocycles. The van der Waals surface area contributed by atoms with Crippen LogP contribution >= 0.6 is 0 Å². The van der Waals surface area contributed by atoms with Gasteiger partial charge < -0.3 is 19.4 Å². The number of fused-ring (bicyclic) bond motifs is 1. The van der Waals surface area contributed by atoms with Crippen LogP contribution in [0.25, 0.3) is 10.9 Å². The second-order valence-corrected chi connectivity index (χ2v) is 20.2. The fourth-order valence-electron chi connectivity index (χ4n) is 9.37. The number of piperidine rings is 2. The molecule has 0 N–H and O–H groups in total. The summed E-state index contributed by atoms with van der Waals surface area (Å²) in [6, 6.07) is 10.5.